The molecule has 1 fully saturated rings. The molecule has 0 spiro atoms. The lowest BCUT2D eigenvalue weighted by Gasteiger charge is -2.37. The van der Waals surface area contributed by atoms with Gasteiger partial charge in [0.25, 0.3) is 5.91 Å². The number of esters is 1. The Hall–Kier alpha value is -2.70. The van der Waals surface area contributed by atoms with Crippen LogP contribution in [0.5, 0.6) is 0 Å². The van der Waals surface area contributed by atoms with Gasteiger partial charge in [-0.05, 0) is 48.6 Å². The Balaban J connectivity index is 1.38. The molecule has 2 aromatic rings. The van der Waals surface area contributed by atoms with Gasteiger partial charge in [-0.15, -0.1) is 0 Å². The summed E-state index contributed by atoms with van der Waals surface area (Å²) in [5.41, 5.74) is 2.35. The van der Waals surface area contributed by atoms with E-state index in [0.717, 1.165) is 32.1 Å². The second-order valence-electron chi connectivity index (χ2n) is 9.72. The number of hydrogen-bond donors (Lipinski definition) is 1. The minimum Gasteiger partial charge on any atom is -0.451 e. The van der Waals surface area contributed by atoms with E-state index in [2.05, 4.69) is 29.6 Å². The highest BCUT2D eigenvalue weighted by Crippen LogP contribution is 2.31. The Morgan fingerprint density at radius 1 is 0.917 bits per heavy atom. The summed E-state index contributed by atoms with van der Waals surface area (Å²) in [4.78, 5) is 24.3. The van der Waals surface area contributed by atoms with Crippen LogP contribution in [0.15, 0.2) is 60.7 Å². The Morgan fingerprint density at radius 3 is 1.97 bits per heavy atom. The maximum Gasteiger partial charge on any atom is 0.314 e. The molecule has 36 heavy (non-hydrogen) atoms. The normalized spacial score (nSPS) is 17.9. The van der Waals surface area contributed by atoms with Crippen LogP contribution in [0.1, 0.15) is 57.1 Å². The molecular weight excluding hydrogens is 454 g/mol. The molecule has 196 valence electrons. The molecule has 1 amide bonds. The number of carbonyl (C=O) groups excluding carboxylic acids is 2. The van der Waals surface area contributed by atoms with Gasteiger partial charge in [0.2, 0.25) is 0 Å². The largest absolute Gasteiger partial charge is 0.451 e. The first-order chi connectivity index (χ1) is 17.6. The monoisotopic (exact) mass is 495 g/mol. The third-order valence-corrected chi connectivity index (χ3v) is 7.01. The van der Waals surface area contributed by atoms with E-state index < -0.39 is 6.10 Å². The lowest BCUT2D eigenvalue weighted by molar-refractivity contribution is -0.193. The van der Waals surface area contributed by atoms with Gasteiger partial charge in [-0.2, -0.15) is 0 Å². The molecule has 0 bridgehead atoms. The first-order valence-corrected chi connectivity index (χ1v) is 13.3. The minimum absolute atomic E-state index is 0.151. The van der Waals surface area contributed by atoms with Crippen LogP contribution >= 0.6 is 0 Å². The standard InChI is InChI=1S/C30H41NO5/c1-3-23(2)27-28(36-30(27)33)29(32)31-18-10-15-24(16-19-34-21-25-11-6-4-7-12-25)17-20-35-22-26-13-8-5-9-14-26/h4-9,11-14,23-24,27-28H,3,10,15-22H2,1-2H3,(H,31,32)/t23-,27+,28-/m1/s1. The summed E-state index contributed by atoms with van der Waals surface area (Å²) in [6.45, 7) is 7.22. The molecule has 1 N–H and O–H groups in total. The highest BCUT2D eigenvalue weighted by Gasteiger charge is 2.49. The molecule has 1 aliphatic rings. The fourth-order valence-electron chi connectivity index (χ4n) is 4.49. The zero-order chi connectivity index (χ0) is 25.6. The van der Waals surface area contributed by atoms with Crippen LogP contribution in [0.4, 0.5) is 0 Å². The van der Waals surface area contributed by atoms with Crippen molar-refractivity contribution >= 4 is 11.9 Å². The van der Waals surface area contributed by atoms with Crippen LogP contribution in [0.3, 0.4) is 0 Å². The van der Waals surface area contributed by atoms with Crippen molar-refractivity contribution in [2.24, 2.45) is 17.8 Å². The molecule has 3 rings (SSSR count). The van der Waals surface area contributed by atoms with E-state index in [-0.39, 0.29) is 23.7 Å². The molecule has 1 aliphatic heterocycles. The van der Waals surface area contributed by atoms with Crippen LogP contribution in [-0.4, -0.2) is 37.7 Å². The highest BCUT2D eigenvalue weighted by molar-refractivity contribution is 5.94. The number of nitrogens with one attached hydrogen (secondary N) is 1. The van der Waals surface area contributed by atoms with Crippen molar-refractivity contribution in [1.29, 1.82) is 0 Å². The topological polar surface area (TPSA) is 73.9 Å². The van der Waals surface area contributed by atoms with E-state index in [1.165, 1.54) is 11.1 Å². The Kier molecular flexibility index (Phi) is 11.9. The van der Waals surface area contributed by atoms with Gasteiger partial charge in [-0.25, -0.2) is 0 Å². The molecule has 1 saturated heterocycles. The minimum atomic E-state index is -0.638. The summed E-state index contributed by atoms with van der Waals surface area (Å²) >= 11 is 0. The van der Waals surface area contributed by atoms with Crippen molar-refractivity contribution in [3.63, 3.8) is 0 Å². The van der Waals surface area contributed by atoms with Gasteiger partial charge in [-0.3, -0.25) is 9.59 Å². The predicted molar refractivity (Wildman–Crippen MR) is 140 cm³/mol. The number of carbonyl (C=O) groups is 2. The smallest absolute Gasteiger partial charge is 0.314 e. The van der Waals surface area contributed by atoms with Crippen molar-refractivity contribution in [3.05, 3.63) is 71.8 Å². The Bertz CT molecular complexity index is 857. The number of ether oxygens (including phenoxy) is 3. The van der Waals surface area contributed by atoms with E-state index in [1.54, 1.807) is 0 Å². The van der Waals surface area contributed by atoms with Crippen LogP contribution in [0.2, 0.25) is 0 Å². The van der Waals surface area contributed by atoms with E-state index in [9.17, 15) is 9.59 Å². The number of hydrogen-bond acceptors (Lipinski definition) is 5. The molecular formula is C30H41NO5. The first kappa shape index (κ1) is 27.9. The average molecular weight is 496 g/mol. The SMILES string of the molecule is CC[C@@H](C)[C@@H]1C(=O)O[C@H]1C(=O)NCCCC(CCOCc1ccccc1)CCOCc1ccccc1. The maximum atomic E-state index is 12.5. The second kappa shape index (κ2) is 15.4. The second-order valence-corrected chi connectivity index (χ2v) is 9.72. The molecule has 6 nitrogen and oxygen atoms in total. The van der Waals surface area contributed by atoms with Gasteiger partial charge < -0.3 is 19.5 Å². The van der Waals surface area contributed by atoms with Crippen molar-refractivity contribution in [1.82, 2.24) is 5.32 Å². The number of rotatable bonds is 17. The van der Waals surface area contributed by atoms with E-state index in [4.69, 9.17) is 14.2 Å². The van der Waals surface area contributed by atoms with Crippen LogP contribution in [0, 0.1) is 17.8 Å². The summed E-state index contributed by atoms with van der Waals surface area (Å²) in [6.07, 6.45) is 3.95. The number of amides is 1. The summed E-state index contributed by atoms with van der Waals surface area (Å²) in [7, 11) is 0. The molecule has 2 aromatic carbocycles. The van der Waals surface area contributed by atoms with Gasteiger partial charge in [0.05, 0.1) is 13.2 Å². The molecule has 6 heteroatoms. The maximum absolute atomic E-state index is 12.5. The molecule has 1 heterocycles. The van der Waals surface area contributed by atoms with Crippen LogP contribution in [-0.2, 0) is 37.0 Å². The zero-order valence-corrected chi connectivity index (χ0v) is 21.7. The molecule has 0 aliphatic carbocycles. The Morgan fingerprint density at radius 2 is 1.47 bits per heavy atom. The molecule has 0 radical (unpaired) electrons. The summed E-state index contributed by atoms with van der Waals surface area (Å²) < 4.78 is 17.0. The quantitative estimate of drug-likeness (QED) is 0.238. The average Bonchev–Trinajstić information content (AvgIpc) is 2.90. The van der Waals surface area contributed by atoms with Crippen molar-refractivity contribution < 1.29 is 23.8 Å². The summed E-state index contributed by atoms with van der Waals surface area (Å²) in [6, 6.07) is 20.4. The lowest BCUT2D eigenvalue weighted by atomic mass is 9.83. The summed E-state index contributed by atoms with van der Waals surface area (Å²) in [5.74, 6) is -0.142. The van der Waals surface area contributed by atoms with Crippen LogP contribution in [0.25, 0.3) is 0 Å². The van der Waals surface area contributed by atoms with Gasteiger partial charge in [0.15, 0.2) is 6.10 Å². The zero-order valence-electron chi connectivity index (χ0n) is 21.7. The van der Waals surface area contributed by atoms with E-state index >= 15 is 0 Å². The van der Waals surface area contributed by atoms with Crippen molar-refractivity contribution in [2.45, 2.75) is 65.3 Å². The van der Waals surface area contributed by atoms with Crippen molar-refractivity contribution in [2.75, 3.05) is 19.8 Å². The third kappa shape index (κ3) is 9.07. The molecule has 0 unspecified atom stereocenters. The van der Waals surface area contributed by atoms with Gasteiger partial charge in [-0.1, -0.05) is 80.9 Å². The predicted octanol–water partition coefficient (Wildman–Crippen LogP) is 5.30. The first-order valence-electron chi connectivity index (χ1n) is 13.3. The number of cyclic esters (lactones) is 1. The van der Waals surface area contributed by atoms with Crippen LogP contribution < -0.4 is 5.32 Å². The molecule has 0 saturated carbocycles. The number of benzene rings is 2. The summed E-state index contributed by atoms with van der Waals surface area (Å²) in [5, 5.41) is 2.97. The van der Waals surface area contributed by atoms with E-state index in [0.29, 0.717) is 38.9 Å². The van der Waals surface area contributed by atoms with Crippen molar-refractivity contribution in [3.8, 4) is 0 Å². The van der Waals surface area contributed by atoms with E-state index in [1.807, 2.05) is 50.2 Å². The third-order valence-electron chi connectivity index (χ3n) is 7.01. The lowest BCUT2D eigenvalue weighted by Crippen LogP contribution is -2.56. The highest BCUT2D eigenvalue weighted by atomic mass is 16.6. The van der Waals surface area contributed by atoms with Gasteiger partial charge in [0.1, 0.15) is 5.92 Å². The van der Waals surface area contributed by atoms with Gasteiger partial charge >= 0.3 is 5.97 Å². The molecule has 3 atom stereocenters. The molecule has 0 aromatic heterocycles. The fourth-order valence-corrected chi connectivity index (χ4v) is 4.49. The fraction of sp³-hybridized carbons (Fsp3) is 0.533. The Labute approximate surface area is 215 Å². The van der Waals surface area contributed by atoms with Gasteiger partial charge in [0, 0.05) is 19.8 Å².